The summed E-state index contributed by atoms with van der Waals surface area (Å²) in [5, 5.41) is 19.7. The molecule has 1 atom stereocenters. The fraction of sp³-hybridized carbons (Fsp3) is 0.550. The smallest absolute Gasteiger partial charge is 0.191 e. The van der Waals surface area contributed by atoms with Gasteiger partial charge < -0.3 is 19.2 Å². The number of aryl methyl sites for hydroxylation is 2. The van der Waals surface area contributed by atoms with Crippen LogP contribution in [-0.4, -0.2) is 44.1 Å². The van der Waals surface area contributed by atoms with Crippen LogP contribution in [0.2, 0.25) is 0 Å². The lowest BCUT2D eigenvalue weighted by atomic mass is 10.1. The first-order chi connectivity index (χ1) is 13.1. The van der Waals surface area contributed by atoms with Gasteiger partial charge in [-0.25, -0.2) is 0 Å². The molecule has 1 aromatic heterocycles. The van der Waals surface area contributed by atoms with Crippen LogP contribution in [0.4, 0.5) is 0 Å². The zero-order valence-electron chi connectivity index (χ0n) is 15.8. The molecule has 0 radical (unpaired) electrons. The number of ether oxygens (including phenoxy) is 1. The maximum Gasteiger partial charge on any atom is 0.191 e. The molecule has 0 fully saturated rings. The van der Waals surface area contributed by atoms with Gasteiger partial charge in [0.15, 0.2) is 5.16 Å². The maximum atomic E-state index is 11.0. The second kappa shape index (κ2) is 9.90. The van der Waals surface area contributed by atoms with Crippen LogP contribution < -0.4 is 4.74 Å². The molecular formula is C20H27N3O3S. The highest BCUT2D eigenvalue weighted by molar-refractivity contribution is 7.99. The van der Waals surface area contributed by atoms with E-state index in [2.05, 4.69) is 14.8 Å². The molecule has 146 valence electrons. The van der Waals surface area contributed by atoms with Crippen molar-refractivity contribution in [2.45, 2.75) is 63.3 Å². The molecule has 1 aliphatic rings. The summed E-state index contributed by atoms with van der Waals surface area (Å²) in [6.45, 7) is 2.81. The van der Waals surface area contributed by atoms with Gasteiger partial charge in [0.25, 0.3) is 0 Å². The first-order valence-electron chi connectivity index (χ1n) is 9.56. The standard InChI is InChI=1S/C20H27N3O3S/c1-15(24)6-7-16-8-10-18(11-9-16)26-13-17(25)14-27-20-22-21-19-5-3-2-4-12-23(19)20/h8-11,17,25H,2-7,12-14H2,1H3. The van der Waals surface area contributed by atoms with Crippen molar-refractivity contribution in [1.82, 2.24) is 14.8 Å². The highest BCUT2D eigenvalue weighted by atomic mass is 32.2. The largest absolute Gasteiger partial charge is 0.491 e. The lowest BCUT2D eigenvalue weighted by Gasteiger charge is -2.13. The van der Waals surface area contributed by atoms with Crippen molar-refractivity contribution in [3.05, 3.63) is 35.7 Å². The van der Waals surface area contributed by atoms with Gasteiger partial charge in [-0.3, -0.25) is 0 Å². The quantitative estimate of drug-likeness (QED) is 0.664. The summed E-state index contributed by atoms with van der Waals surface area (Å²) < 4.78 is 7.86. The summed E-state index contributed by atoms with van der Waals surface area (Å²) in [5.41, 5.74) is 1.11. The van der Waals surface area contributed by atoms with Gasteiger partial charge in [-0.1, -0.05) is 30.3 Å². The Balaban J connectivity index is 1.43. The van der Waals surface area contributed by atoms with Crippen molar-refractivity contribution < 1.29 is 14.6 Å². The monoisotopic (exact) mass is 389 g/mol. The Hall–Kier alpha value is -1.86. The Bertz CT molecular complexity index is 745. The van der Waals surface area contributed by atoms with E-state index in [0.717, 1.165) is 48.1 Å². The number of aliphatic hydroxyl groups is 1. The zero-order chi connectivity index (χ0) is 19.1. The average molecular weight is 390 g/mol. The maximum absolute atomic E-state index is 11.0. The number of aliphatic hydroxyl groups excluding tert-OH is 1. The van der Waals surface area contributed by atoms with Gasteiger partial charge in [-0.05, 0) is 43.9 Å². The van der Waals surface area contributed by atoms with Gasteiger partial charge in [0.1, 0.15) is 24.0 Å². The highest BCUT2D eigenvalue weighted by Crippen LogP contribution is 2.22. The van der Waals surface area contributed by atoms with E-state index in [1.165, 1.54) is 24.6 Å². The van der Waals surface area contributed by atoms with Crippen LogP contribution in [0.1, 0.15) is 44.0 Å². The first kappa shape index (κ1) is 19.9. The van der Waals surface area contributed by atoms with Gasteiger partial charge in [-0.2, -0.15) is 0 Å². The van der Waals surface area contributed by atoms with Crippen molar-refractivity contribution >= 4 is 17.5 Å². The van der Waals surface area contributed by atoms with E-state index in [-0.39, 0.29) is 12.4 Å². The zero-order valence-corrected chi connectivity index (χ0v) is 16.6. The number of thioether (sulfide) groups is 1. The number of fused-ring (bicyclic) bond motifs is 1. The first-order valence-corrected chi connectivity index (χ1v) is 10.5. The molecule has 0 bridgehead atoms. The molecule has 0 saturated heterocycles. The van der Waals surface area contributed by atoms with E-state index in [9.17, 15) is 9.90 Å². The van der Waals surface area contributed by atoms with Crippen molar-refractivity contribution in [2.75, 3.05) is 12.4 Å². The van der Waals surface area contributed by atoms with Crippen LogP contribution >= 0.6 is 11.8 Å². The molecular weight excluding hydrogens is 362 g/mol. The van der Waals surface area contributed by atoms with E-state index in [4.69, 9.17) is 4.74 Å². The summed E-state index contributed by atoms with van der Waals surface area (Å²) in [7, 11) is 0. The normalized spacial score (nSPS) is 15.0. The summed E-state index contributed by atoms with van der Waals surface area (Å²) in [6, 6.07) is 7.69. The number of nitrogens with zero attached hydrogens (tertiary/aromatic N) is 3. The molecule has 0 saturated carbocycles. The number of carbonyl (C=O) groups is 1. The lowest BCUT2D eigenvalue weighted by molar-refractivity contribution is -0.116. The molecule has 1 aliphatic heterocycles. The van der Waals surface area contributed by atoms with Gasteiger partial charge in [-0.15, -0.1) is 10.2 Å². The minimum atomic E-state index is -0.578. The highest BCUT2D eigenvalue weighted by Gasteiger charge is 2.16. The fourth-order valence-electron chi connectivity index (χ4n) is 3.05. The SMILES string of the molecule is CC(=O)CCc1ccc(OCC(O)CSc2nnc3n2CCCCC3)cc1. The molecule has 0 spiro atoms. The summed E-state index contributed by atoms with van der Waals surface area (Å²) >= 11 is 1.53. The summed E-state index contributed by atoms with van der Waals surface area (Å²) in [5.74, 6) is 2.50. The van der Waals surface area contributed by atoms with Gasteiger partial charge >= 0.3 is 0 Å². The van der Waals surface area contributed by atoms with E-state index < -0.39 is 6.10 Å². The van der Waals surface area contributed by atoms with Gasteiger partial charge in [0.05, 0.1) is 6.10 Å². The van der Waals surface area contributed by atoms with Crippen molar-refractivity contribution in [1.29, 1.82) is 0 Å². The van der Waals surface area contributed by atoms with E-state index in [1.807, 2.05) is 24.3 Å². The van der Waals surface area contributed by atoms with Crippen LogP contribution in [0.15, 0.2) is 29.4 Å². The molecule has 1 unspecified atom stereocenters. The van der Waals surface area contributed by atoms with Crippen LogP contribution in [0.5, 0.6) is 5.75 Å². The molecule has 3 rings (SSSR count). The molecule has 7 heteroatoms. The van der Waals surface area contributed by atoms with Gasteiger partial charge in [0.2, 0.25) is 0 Å². The summed E-state index contributed by atoms with van der Waals surface area (Å²) in [4.78, 5) is 11.0. The summed E-state index contributed by atoms with van der Waals surface area (Å²) in [6.07, 6.45) is 5.28. The van der Waals surface area contributed by atoms with E-state index >= 15 is 0 Å². The third-order valence-electron chi connectivity index (χ3n) is 4.61. The van der Waals surface area contributed by atoms with E-state index in [1.54, 1.807) is 6.92 Å². The van der Waals surface area contributed by atoms with Crippen molar-refractivity contribution in [2.24, 2.45) is 0 Å². The Labute approximate surface area is 164 Å². The molecule has 1 aromatic carbocycles. The predicted molar refractivity (Wildman–Crippen MR) is 105 cm³/mol. The lowest BCUT2D eigenvalue weighted by Crippen LogP contribution is -2.20. The number of aromatic nitrogens is 3. The van der Waals surface area contributed by atoms with E-state index in [0.29, 0.717) is 12.2 Å². The average Bonchev–Trinajstić information content (AvgIpc) is 2.90. The Morgan fingerprint density at radius 2 is 2.07 bits per heavy atom. The van der Waals surface area contributed by atoms with Gasteiger partial charge in [0, 0.05) is 25.1 Å². The van der Waals surface area contributed by atoms with Crippen LogP contribution in [0.3, 0.4) is 0 Å². The Morgan fingerprint density at radius 3 is 2.85 bits per heavy atom. The number of hydrogen-bond donors (Lipinski definition) is 1. The second-order valence-electron chi connectivity index (χ2n) is 6.98. The van der Waals surface area contributed by atoms with Crippen LogP contribution in [-0.2, 0) is 24.2 Å². The topological polar surface area (TPSA) is 77.2 Å². The minimum absolute atomic E-state index is 0.195. The molecule has 1 N–H and O–H groups in total. The number of ketones is 1. The third-order valence-corrected chi connectivity index (χ3v) is 5.72. The van der Waals surface area contributed by atoms with Crippen molar-refractivity contribution in [3.63, 3.8) is 0 Å². The number of hydrogen-bond acceptors (Lipinski definition) is 6. The fourth-order valence-corrected chi connectivity index (χ4v) is 3.94. The third kappa shape index (κ3) is 6.07. The Kier molecular flexibility index (Phi) is 7.29. The number of Topliss-reactive ketones (excluding diaryl/α,β-unsaturated/α-hetero) is 1. The molecule has 2 heterocycles. The van der Waals surface area contributed by atoms with Crippen LogP contribution in [0, 0.1) is 0 Å². The number of rotatable bonds is 9. The molecule has 6 nitrogen and oxygen atoms in total. The minimum Gasteiger partial charge on any atom is -0.491 e. The molecule has 0 aliphatic carbocycles. The van der Waals surface area contributed by atoms with Crippen molar-refractivity contribution in [3.8, 4) is 5.75 Å². The Morgan fingerprint density at radius 1 is 1.26 bits per heavy atom. The number of benzene rings is 1. The molecule has 27 heavy (non-hydrogen) atoms. The number of carbonyl (C=O) groups excluding carboxylic acids is 1. The predicted octanol–water partition coefficient (Wildman–Crippen LogP) is 3.06. The molecule has 2 aromatic rings. The molecule has 0 amide bonds. The van der Waals surface area contributed by atoms with Crippen LogP contribution in [0.25, 0.3) is 0 Å². The second-order valence-corrected chi connectivity index (χ2v) is 7.97.